The Kier molecular flexibility index (Phi) is 27.4. The second kappa shape index (κ2) is 33.6. The van der Waals surface area contributed by atoms with Crippen molar-refractivity contribution in [2.75, 3.05) is 47.6 Å². The van der Waals surface area contributed by atoms with Crippen LogP contribution >= 0.6 is 64.8 Å². The maximum Gasteiger partial charge on any atom is 0.321 e. The maximum atomic E-state index is 15.9. The fraction of sp³-hybridized carbons (Fsp3) is 0.574. The number of ketones is 4. The number of carbonyl (C=O) groups excluding carboxylic acids is 9. The predicted molar refractivity (Wildman–Crippen MR) is 329 cm³/mol. The summed E-state index contributed by atoms with van der Waals surface area (Å²) in [7, 11) is 5.42. The van der Waals surface area contributed by atoms with Crippen molar-refractivity contribution in [2.45, 2.75) is 137 Å². The molecular formula is C54H73N9O18S6. The molecule has 16 N–H and O–H groups in total. The zero-order chi connectivity index (χ0) is 63.7. The summed E-state index contributed by atoms with van der Waals surface area (Å²) in [6.07, 6.45) is -3.60. The predicted octanol–water partition coefficient (Wildman–Crippen LogP) is -1.75. The molecule has 0 radical (unpaired) electrons. The Labute approximate surface area is 524 Å². The third kappa shape index (κ3) is 21.0. The second-order valence-corrected chi connectivity index (χ2v) is 29.0. The van der Waals surface area contributed by atoms with Gasteiger partial charge in [-0.15, -0.1) is 0 Å². The van der Waals surface area contributed by atoms with E-state index in [4.69, 9.17) is 5.73 Å². The van der Waals surface area contributed by atoms with Crippen molar-refractivity contribution in [2.24, 2.45) is 11.7 Å². The largest absolute Gasteiger partial charge is 0.508 e. The zero-order valence-electron chi connectivity index (χ0n) is 47.3. The molecule has 0 saturated carbocycles. The molecule has 3 bridgehead atoms. The summed E-state index contributed by atoms with van der Waals surface area (Å²) >= 11 is 0. The fourth-order valence-corrected chi connectivity index (χ4v) is 17.4. The Balaban J connectivity index is 1.59. The molecule has 4 heterocycles. The van der Waals surface area contributed by atoms with Gasteiger partial charge in [0.1, 0.15) is 29.6 Å². The molecule has 33 heteroatoms. The summed E-state index contributed by atoms with van der Waals surface area (Å²) < 4.78 is 0. The molecule has 0 spiro atoms. The number of aliphatic carboxylic acids is 2. The number of hydrogen-bond donors (Lipinski definition) is 15. The molecule has 2 aromatic carbocycles. The van der Waals surface area contributed by atoms with E-state index in [1.165, 1.54) is 67.3 Å². The van der Waals surface area contributed by atoms with Crippen molar-refractivity contribution < 1.29 is 88.5 Å². The lowest BCUT2D eigenvalue weighted by Crippen LogP contribution is -2.61. The van der Waals surface area contributed by atoms with Crippen LogP contribution in [0.15, 0.2) is 48.5 Å². The molecule has 5 amide bonds. The van der Waals surface area contributed by atoms with Gasteiger partial charge in [-0.3, -0.25) is 68.7 Å². The molecular weight excluding hydrogens is 1260 g/mol. The highest BCUT2D eigenvalue weighted by molar-refractivity contribution is 8.77. The van der Waals surface area contributed by atoms with Gasteiger partial charge in [-0.2, -0.15) is 0 Å². The number of nitrogens with zero attached hydrogens (tertiary/aromatic N) is 1. The first-order valence-corrected chi connectivity index (χ1v) is 35.2. The number of nitrogens with one attached hydrogen (secondary N) is 7. The number of nitrogens with two attached hydrogens (primary N) is 1. The zero-order valence-corrected chi connectivity index (χ0v) is 52.2. The topological polar surface area (TPSA) is 443 Å². The van der Waals surface area contributed by atoms with Crippen LogP contribution in [0.5, 0.6) is 11.5 Å². The van der Waals surface area contributed by atoms with Gasteiger partial charge in [0.2, 0.25) is 41.1 Å². The van der Waals surface area contributed by atoms with Gasteiger partial charge in [-0.05, 0) is 81.3 Å². The van der Waals surface area contributed by atoms with Crippen LogP contribution in [0, 0.1) is 5.92 Å². The van der Waals surface area contributed by atoms with Crippen molar-refractivity contribution in [3.63, 3.8) is 0 Å². The van der Waals surface area contributed by atoms with Crippen LogP contribution in [0.25, 0.3) is 0 Å². The number of phenols is 2. The number of carboxylic acid groups (broad SMARTS) is 2. The number of benzene rings is 2. The first kappa shape index (κ1) is 70.9. The quantitative estimate of drug-likeness (QED) is 0.0781. The number of rotatable bonds is 13. The van der Waals surface area contributed by atoms with Crippen molar-refractivity contribution in [3.8, 4) is 11.5 Å². The highest BCUT2D eigenvalue weighted by Gasteiger charge is 2.45. The lowest BCUT2D eigenvalue weighted by molar-refractivity contribution is -0.175. The van der Waals surface area contributed by atoms with Crippen molar-refractivity contribution in [1.29, 1.82) is 0 Å². The molecule has 4 saturated heterocycles. The van der Waals surface area contributed by atoms with Gasteiger partial charge in [0.05, 0.1) is 67.1 Å². The van der Waals surface area contributed by atoms with E-state index in [9.17, 15) is 78.9 Å². The number of hydrogen-bond acceptors (Lipinski definition) is 26. The molecule has 13 atom stereocenters. The Hall–Kier alpha value is -5.17. The minimum Gasteiger partial charge on any atom is -0.508 e. The minimum atomic E-state index is -3.17. The molecule has 2 aromatic rings. The molecule has 87 heavy (non-hydrogen) atoms. The average Bonchev–Trinajstić information content (AvgIpc) is 2.25. The van der Waals surface area contributed by atoms with E-state index in [1.54, 1.807) is 0 Å². The number of aliphatic hydroxyl groups excluding tert-OH is 1. The molecule has 5 unspecified atom stereocenters. The van der Waals surface area contributed by atoms with Crippen LogP contribution in [0.4, 0.5) is 0 Å². The van der Waals surface area contributed by atoms with E-state index < -0.39 is 186 Å². The number of aliphatic hydroxyl groups is 3. The normalized spacial score (nSPS) is 29.1. The Morgan fingerprint density at radius 2 is 1.36 bits per heavy atom. The highest BCUT2D eigenvalue weighted by Crippen LogP contribution is 2.35. The Morgan fingerprint density at radius 1 is 0.736 bits per heavy atom. The summed E-state index contributed by atoms with van der Waals surface area (Å²) in [5.74, 6) is -17.9. The molecule has 4 fully saturated rings. The van der Waals surface area contributed by atoms with Gasteiger partial charge in [-0.1, -0.05) is 89.0 Å². The van der Waals surface area contributed by atoms with Crippen LogP contribution in [0.3, 0.4) is 0 Å². The third-order valence-corrected chi connectivity index (χ3v) is 22.1. The van der Waals surface area contributed by atoms with Crippen LogP contribution in [0.1, 0.15) is 57.1 Å². The molecule has 478 valence electrons. The molecule has 27 nitrogen and oxygen atoms in total. The van der Waals surface area contributed by atoms with E-state index in [2.05, 4.69) is 37.2 Å². The average molecular weight is 1330 g/mol. The number of carboxylic acids is 2. The summed E-state index contributed by atoms with van der Waals surface area (Å²) in [5, 5.41) is 94.6. The monoisotopic (exact) mass is 1330 g/mol. The SMILES string of the molecule is C[C@@H]1NC(=O)[C@@H]2CCCN2C(=O)[C@H](CC(N)=O)NC2CSSCC(O)(O)C(=O)C3CSSCC(N[C@@H]([C@@H](C)O)C(=O)NCC(=O)C(N[C@@H](Cc4ccc(O)cc4)C(=O)O)CSSCC2C(=O)[C@H](Cc2ccc(O)cc2)NC(=O)[C@H](CCC(=O)O)N3)C1=O. The number of Topliss-reactive ketones (excluding diaryl/α,β-unsaturated/α-hetero) is 4. The van der Waals surface area contributed by atoms with Crippen LogP contribution < -0.4 is 43.0 Å². The van der Waals surface area contributed by atoms with Gasteiger partial charge >= 0.3 is 11.9 Å². The number of amides is 5. The fourth-order valence-electron chi connectivity index (χ4n) is 10.1. The van der Waals surface area contributed by atoms with Gasteiger partial charge in [0.25, 0.3) is 0 Å². The summed E-state index contributed by atoms with van der Waals surface area (Å²) in [4.78, 5) is 158. The second-order valence-electron chi connectivity index (χ2n) is 21.4. The Morgan fingerprint density at radius 3 is 1.99 bits per heavy atom. The molecule has 0 aromatic heterocycles. The first-order valence-electron chi connectivity index (χ1n) is 27.7. The van der Waals surface area contributed by atoms with Crippen molar-refractivity contribution >= 4 is 129 Å². The maximum absolute atomic E-state index is 15.9. The van der Waals surface area contributed by atoms with Crippen LogP contribution in [-0.2, 0) is 65.6 Å². The summed E-state index contributed by atoms with van der Waals surface area (Å²) in [6, 6.07) is -5.05. The highest BCUT2D eigenvalue weighted by atomic mass is 33.1. The molecule has 6 rings (SSSR count). The van der Waals surface area contributed by atoms with Gasteiger partial charge in [0, 0.05) is 53.7 Å². The summed E-state index contributed by atoms with van der Waals surface area (Å²) in [5.41, 5.74) is 6.68. The lowest BCUT2D eigenvalue weighted by Gasteiger charge is -2.35. The Bertz CT molecular complexity index is 2810. The van der Waals surface area contributed by atoms with Crippen molar-refractivity contribution in [1.82, 2.24) is 42.1 Å². The van der Waals surface area contributed by atoms with E-state index in [0.717, 1.165) is 64.8 Å². The van der Waals surface area contributed by atoms with Crippen LogP contribution in [-0.4, -0.2) is 231 Å². The van der Waals surface area contributed by atoms with Gasteiger partial charge in [-0.25, -0.2) is 0 Å². The van der Waals surface area contributed by atoms with Gasteiger partial charge < -0.3 is 67.6 Å². The van der Waals surface area contributed by atoms with E-state index >= 15 is 9.59 Å². The van der Waals surface area contributed by atoms with Crippen LogP contribution in [0.2, 0.25) is 0 Å². The number of aromatic hydroxyl groups is 2. The molecule has 4 aliphatic heterocycles. The minimum absolute atomic E-state index is 0.0168. The van der Waals surface area contributed by atoms with E-state index in [1.807, 2.05) is 0 Å². The number of fused-ring (bicyclic) bond motifs is 12. The number of carbonyl (C=O) groups is 11. The lowest BCUT2D eigenvalue weighted by atomic mass is 9.89. The molecule has 0 aliphatic carbocycles. The third-order valence-electron chi connectivity index (χ3n) is 14.8. The van der Waals surface area contributed by atoms with Gasteiger partial charge in [0.15, 0.2) is 17.3 Å². The van der Waals surface area contributed by atoms with Crippen molar-refractivity contribution in [3.05, 3.63) is 59.7 Å². The van der Waals surface area contributed by atoms with E-state index in [-0.39, 0.29) is 66.7 Å². The standard InChI is InChI=1S/C54H73N9O18S6/c1-26-46(71)39-23-84-85-24-40-48(73)54(80,81)25-87-86-21-37(59-35(18-43(55)68)52(77)63-15-3-4-41(63)50(75)57-26)32(47(72)34(16-28-5-9-30(65)10-6-28)62-49(74)33(58-40)13-14-44(69)70)20-82-83-22-38(42(67)19-56-51(76)45(61-39)27(2)64)60-36(53(78)79)17-29-7-11-31(66)12-8-29/h5-12,26-27,32-41,45,58-61,64-66,80-81H,3-4,13-25H2,1-2H3,(H2,55,68)(H,56,76)(H,57,75)(H,62,74)(H,69,70)(H,78,79)/t26-,27+,32?,33-,34-,35-,36-,37?,38?,39?,40?,41-,45-/m0/s1. The number of phenolic OH excluding ortho intramolecular Hbond substituents is 2. The number of primary amides is 1. The smallest absolute Gasteiger partial charge is 0.321 e. The summed E-state index contributed by atoms with van der Waals surface area (Å²) in [6.45, 7) is 1.79. The molecule has 4 aliphatic rings. The first-order chi connectivity index (χ1) is 41.2. The van der Waals surface area contributed by atoms with E-state index in [0.29, 0.717) is 11.1 Å².